The quantitative estimate of drug-likeness (QED) is 0.0412. The van der Waals surface area contributed by atoms with E-state index in [0.717, 1.165) is 60.3 Å². The molecular formula is C42H32B2F12N4O8. The number of alkyl halides is 12. The van der Waals surface area contributed by atoms with Crippen molar-refractivity contribution in [2.24, 2.45) is 0 Å². The fourth-order valence-corrected chi connectivity index (χ4v) is 7.35. The van der Waals surface area contributed by atoms with Crippen molar-refractivity contribution in [3.8, 4) is 23.0 Å². The Morgan fingerprint density at radius 3 is 1.07 bits per heavy atom. The molecule has 0 atom stereocenters. The number of aromatic hydroxyl groups is 2. The molecule has 0 aliphatic heterocycles. The van der Waals surface area contributed by atoms with Gasteiger partial charge in [-0.2, -0.15) is 52.7 Å². The lowest BCUT2D eigenvalue weighted by molar-refractivity contribution is -0.290. The monoisotopic (exact) mass is 970 g/mol. The van der Waals surface area contributed by atoms with E-state index in [-0.39, 0.29) is 17.9 Å². The van der Waals surface area contributed by atoms with Crippen LogP contribution in [0.4, 0.5) is 75.4 Å². The Kier molecular flexibility index (Phi) is 14.1. The van der Waals surface area contributed by atoms with Crippen molar-refractivity contribution in [3.63, 3.8) is 0 Å². The van der Waals surface area contributed by atoms with Gasteiger partial charge in [0.15, 0.2) is 0 Å². The number of amides is 4. The number of halogens is 12. The van der Waals surface area contributed by atoms with E-state index < -0.39 is 133 Å². The molecule has 6 N–H and O–H groups in total. The first-order valence-corrected chi connectivity index (χ1v) is 19.0. The summed E-state index contributed by atoms with van der Waals surface area (Å²) in [5.41, 5.74) is -20.1. The van der Waals surface area contributed by atoms with Crippen molar-refractivity contribution in [1.29, 1.82) is 0 Å². The Labute approximate surface area is 377 Å². The van der Waals surface area contributed by atoms with Crippen LogP contribution in [-0.4, -0.2) is 74.6 Å². The van der Waals surface area contributed by atoms with Crippen LogP contribution in [0.1, 0.15) is 56.8 Å². The third-order valence-corrected chi connectivity index (χ3v) is 10.3. The van der Waals surface area contributed by atoms with Gasteiger partial charge in [-0.05, 0) is 89.0 Å². The minimum atomic E-state index is -6.20. The van der Waals surface area contributed by atoms with Gasteiger partial charge in [0.2, 0.25) is 22.6 Å². The molecule has 26 heteroatoms. The van der Waals surface area contributed by atoms with Crippen molar-refractivity contribution >= 4 is 62.5 Å². The molecule has 0 fully saturated rings. The number of benzene rings is 5. The minimum Gasteiger partial charge on any atom is -0.566 e. The first-order chi connectivity index (χ1) is 31.4. The molecule has 0 unspecified atom stereocenters. The highest BCUT2D eigenvalue weighted by atomic mass is 19.4. The predicted octanol–water partition coefficient (Wildman–Crippen LogP) is 8.19. The Morgan fingerprint density at radius 2 is 0.735 bits per heavy atom. The van der Waals surface area contributed by atoms with Crippen molar-refractivity contribution in [3.05, 3.63) is 130 Å². The fraction of sp³-hybridized carbons (Fsp3) is 0.190. The van der Waals surface area contributed by atoms with Gasteiger partial charge in [-0.25, -0.2) is 0 Å². The second-order valence-electron chi connectivity index (χ2n) is 14.6. The van der Waals surface area contributed by atoms with Crippen LogP contribution >= 0.6 is 0 Å². The fourth-order valence-electron chi connectivity index (χ4n) is 7.35. The average Bonchev–Trinajstić information content (AvgIpc) is 3.21. The molecule has 12 nitrogen and oxygen atoms in total. The van der Waals surface area contributed by atoms with Crippen LogP contribution in [0, 0.1) is 0 Å². The van der Waals surface area contributed by atoms with Gasteiger partial charge < -0.3 is 40.8 Å². The number of hydrogen-bond donors (Lipinski definition) is 6. The highest BCUT2D eigenvalue weighted by Crippen LogP contribution is 2.59. The molecule has 5 rings (SSSR count). The van der Waals surface area contributed by atoms with Gasteiger partial charge in [-0.15, -0.1) is 0 Å². The van der Waals surface area contributed by atoms with Crippen molar-refractivity contribution in [2.45, 2.75) is 49.4 Å². The molecule has 0 aliphatic rings. The first kappa shape index (κ1) is 51.5. The number of phenolic OH excluding ortho intramolecular Hbond substituents is 2. The second kappa shape index (κ2) is 18.6. The summed E-state index contributed by atoms with van der Waals surface area (Å²) in [6, 6.07) is 8.72. The van der Waals surface area contributed by atoms with E-state index in [1.54, 1.807) is 0 Å². The van der Waals surface area contributed by atoms with Crippen molar-refractivity contribution in [1.82, 2.24) is 0 Å². The molecule has 4 amide bonds. The Hall–Kier alpha value is -7.53. The summed E-state index contributed by atoms with van der Waals surface area (Å²) in [7, 11) is 1.99. The Balaban J connectivity index is 1.55. The maximum atomic E-state index is 15.1. The van der Waals surface area contributed by atoms with Crippen LogP contribution in [0.25, 0.3) is 0 Å². The van der Waals surface area contributed by atoms with E-state index in [4.69, 9.17) is 9.31 Å². The summed E-state index contributed by atoms with van der Waals surface area (Å²) >= 11 is 0. The number of anilines is 4. The summed E-state index contributed by atoms with van der Waals surface area (Å²) in [6.45, 7) is 1.81. The first-order valence-electron chi connectivity index (χ1n) is 19.0. The Morgan fingerprint density at radius 1 is 0.441 bits per heavy atom. The highest BCUT2D eigenvalue weighted by molar-refractivity contribution is 6.10. The number of carbonyl (C=O) groups is 4. The average molecular weight is 970 g/mol. The topological polar surface area (TPSA) is 175 Å². The SMILES string of the molecule is BOc1ccc(C(c2ccc(O)c(NC(=O)c3cccc(C(=O)Nc4cc(C(c5ccc(O)c(NC(C)=O)c5)(C(F)(F)F)C(F)(F)F)ccc4OB)c3)c2)(C(F)(F)F)C(F)(F)F)cc1NC(C)=O. The molecule has 0 spiro atoms. The Bertz CT molecular complexity index is 2750. The molecule has 0 aromatic heterocycles. The molecule has 5 aromatic carbocycles. The van der Waals surface area contributed by atoms with Gasteiger partial charge in [-0.1, -0.05) is 30.3 Å². The van der Waals surface area contributed by atoms with Gasteiger partial charge in [-0.3, -0.25) is 19.2 Å². The molecule has 0 saturated heterocycles. The zero-order valence-electron chi connectivity index (χ0n) is 35.1. The molecule has 0 radical (unpaired) electrons. The number of carbonyl (C=O) groups excluding carboxylic acids is 4. The van der Waals surface area contributed by atoms with E-state index in [2.05, 4.69) is 10.6 Å². The van der Waals surface area contributed by atoms with Crippen LogP contribution in [-0.2, 0) is 20.4 Å². The van der Waals surface area contributed by atoms with Gasteiger partial charge in [0, 0.05) is 25.0 Å². The number of rotatable bonds is 12. The van der Waals surface area contributed by atoms with E-state index in [1.807, 2.05) is 10.6 Å². The highest BCUT2D eigenvalue weighted by Gasteiger charge is 2.74. The smallest absolute Gasteiger partial charge is 0.411 e. The molecule has 0 heterocycles. The molecular weight excluding hydrogens is 938 g/mol. The lowest BCUT2D eigenvalue weighted by Crippen LogP contribution is -2.54. The van der Waals surface area contributed by atoms with Crippen LogP contribution in [0.5, 0.6) is 23.0 Å². The normalized spacial score (nSPS) is 12.4. The molecule has 0 bridgehead atoms. The van der Waals surface area contributed by atoms with Crippen LogP contribution in [0.2, 0.25) is 0 Å². The predicted molar refractivity (Wildman–Crippen MR) is 224 cm³/mol. The lowest BCUT2D eigenvalue weighted by Gasteiger charge is -2.38. The van der Waals surface area contributed by atoms with Crippen LogP contribution in [0.3, 0.4) is 0 Å². The third-order valence-electron chi connectivity index (χ3n) is 10.3. The van der Waals surface area contributed by atoms with E-state index >= 15 is 52.7 Å². The summed E-state index contributed by atoms with van der Waals surface area (Å²) in [4.78, 5) is 50.5. The lowest BCUT2D eigenvalue weighted by atomic mass is 9.72. The van der Waals surface area contributed by atoms with E-state index in [9.17, 15) is 29.4 Å². The van der Waals surface area contributed by atoms with Crippen LogP contribution < -0.4 is 30.6 Å². The summed E-state index contributed by atoms with van der Waals surface area (Å²) < 4.78 is 191. The van der Waals surface area contributed by atoms with Gasteiger partial charge in [0.05, 0.1) is 22.7 Å². The van der Waals surface area contributed by atoms with Gasteiger partial charge in [0.1, 0.15) is 23.0 Å². The molecule has 0 aliphatic carbocycles. The zero-order chi connectivity index (χ0) is 50.9. The standard InChI is InChI=1S/C42H32B2F12N4O8/c1-19(61)57-27-15-23(6-10-31(27)63)37(39(45,46)47,40(48,49)50)26-9-13-34(68-44)30(18-26)60-36(66)22-5-3-4-21(14-22)35(65)59-28-16-24(7-11-32(28)64)38(41(51,52)53,42(54,55)56)25-8-12-33(67-43)29(17-25)58-20(2)62/h3-18,63-64H,43-44H2,1-2H3,(H,57,61)(H,58,62)(H,59,65)(H,60,66). The number of nitrogens with one attached hydrogen (secondary N) is 4. The van der Waals surface area contributed by atoms with Crippen LogP contribution in [0.15, 0.2) is 97.1 Å². The molecule has 358 valence electrons. The molecule has 68 heavy (non-hydrogen) atoms. The maximum absolute atomic E-state index is 15.1. The summed E-state index contributed by atoms with van der Waals surface area (Å²) in [6.07, 6.45) is -24.8. The summed E-state index contributed by atoms with van der Waals surface area (Å²) in [5.74, 6) is -7.20. The molecule has 0 saturated carbocycles. The number of phenols is 2. The largest absolute Gasteiger partial charge is 0.566 e. The molecule has 5 aromatic rings. The second-order valence-corrected chi connectivity index (χ2v) is 14.6. The zero-order valence-corrected chi connectivity index (χ0v) is 35.1. The van der Waals surface area contributed by atoms with E-state index in [0.29, 0.717) is 54.6 Å². The van der Waals surface area contributed by atoms with E-state index in [1.165, 1.54) is 0 Å². The maximum Gasteiger partial charge on any atom is 0.411 e. The van der Waals surface area contributed by atoms with Crippen molar-refractivity contribution < 1.29 is 91.4 Å². The summed E-state index contributed by atoms with van der Waals surface area (Å²) in [5, 5.41) is 28.8. The van der Waals surface area contributed by atoms with Crippen molar-refractivity contribution in [2.75, 3.05) is 21.3 Å². The van der Waals surface area contributed by atoms with Gasteiger partial charge in [0.25, 0.3) is 11.8 Å². The number of hydrogen-bond acceptors (Lipinski definition) is 8. The minimum absolute atomic E-state index is 0.188. The third kappa shape index (κ3) is 9.51. The van der Waals surface area contributed by atoms with Gasteiger partial charge >= 0.3 is 40.8 Å².